The van der Waals surface area contributed by atoms with Crippen LogP contribution in [0, 0.1) is 5.82 Å². The van der Waals surface area contributed by atoms with Gasteiger partial charge in [0.1, 0.15) is 11.6 Å². The van der Waals surface area contributed by atoms with E-state index in [0.717, 1.165) is 5.56 Å². The van der Waals surface area contributed by atoms with Crippen LogP contribution in [-0.4, -0.2) is 6.09 Å². The van der Waals surface area contributed by atoms with E-state index >= 15 is 0 Å². The van der Waals surface area contributed by atoms with Gasteiger partial charge in [-0.1, -0.05) is 30.3 Å². The Morgan fingerprint density at radius 3 is 2.68 bits per heavy atom. The molecule has 0 aliphatic carbocycles. The summed E-state index contributed by atoms with van der Waals surface area (Å²) in [6.07, 6.45) is 1.14. The number of carbonyl (C=O) groups is 1. The van der Waals surface area contributed by atoms with Crippen LogP contribution in [0.2, 0.25) is 0 Å². The maximum absolute atomic E-state index is 13.3. The topological polar surface area (TPSA) is 38.3 Å². The molecule has 1 aliphatic heterocycles. The zero-order valence-corrected chi connectivity index (χ0v) is 9.89. The number of fused-ring (bicyclic) bond motifs is 1. The van der Waals surface area contributed by atoms with Gasteiger partial charge in [0.05, 0.1) is 5.69 Å². The third-order valence-electron chi connectivity index (χ3n) is 2.78. The number of carbonyl (C=O) groups excluding carboxylic acids is 1. The maximum atomic E-state index is 13.3. The van der Waals surface area contributed by atoms with Gasteiger partial charge in [-0.3, -0.25) is 5.32 Å². The highest BCUT2D eigenvalue weighted by Crippen LogP contribution is 2.31. The fourth-order valence-corrected chi connectivity index (χ4v) is 1.93. The molecular formula is C15H10FNO2. The summed E-state index contributed by atoms with van der Waals surface area (Å²) < 4.78 is 18.4. The van der Waals surface area contributed by atoms with Gasteiger partial charge in [-0.2, -0.15) is 0 Å². The third kappa shape index (κ3) is 2.33. The van der Waals surface area contributed by atoms with E-state index in [4.69, 9.17) is 4.74 Å². The van der Waals surface area contributed by atoms with Crippen molar-refractivity contribution in [3.05, 3.63) is 65.5 Å². The highest BCUT2D eigenvalue weighted by atomic mass is 19.1. The molecule has 3 rings (SSSR count). The molecule has 1 aliphatic rings. The van der Waals surface area contributed by atoms with Gasteiger partial charge in [0.2, 0.25) is 0 Å². The minimum atomic E-state index is -0.568. The number of anilines is 1. The smallest absolute Gasteiger partial charge is 0.409 e. The zero-order valence-electron chi connectivity index (χ0n) is 9.89. The zero-order chi connectivity index (χ0) is 13.2. The molecule has 0 saturated heterocycles. The SMILES string of the molecule is O=C1Nc2ccc(F)cc2/C(=C/c2ccccc2)O1. The number of benzene rings is 2. The van der Waals surface area contributed by atoms with Crippen LogP contribution in [-0.2, 0) is 4.74 Å². The first kappa shape index (κ1) is 11.5. The number of amides is 1. The van der Waals surface area contributed by atoms with Crippen molar-refractivity contribution in [2.75, 3.05) is 5.32 Å². The molecule has 94 valence electrons. The lowest BCUT2D eigenvalue weighted by molar-refractivity contribution is 0.206. The van der Waals surface area contributed by atoms with E-state index in [1.54, 1.807) is 6.08 Å². The molecule has 19 heavy (non-hydrogen) atoms. The Balaban J connectivity index is 2.10. The second kappa shape index (κ2) is 4.57. The molecule has 0 fully saturated rings. The number of cyclic esters (lactones) is 1. The summed E-state index contributed by atoms with van der Waals surface area (Å²) in [5.41, 5.74) is 1.95. The molecule has 0 bridgehead atoms. The second-order valence-electron chi connectivity index (χ2n) is 4.12. The average molecular weight is 255 g/mol. The number of hydrogen-bond acceptors (Lipinski definition) is 2. The van der Waals surface area contributed by atoms with Gasteiger partial charge in [-0.15, -0.1) is 0 Å². The standard InChI is InChI=1S/C15H10FNO2/c16-11-6-7-13-12(9-11)14(19-15(18)17-13)8-10-4-2-1-3-5-10/h1-9H,(H,17,18)/b14-8-. The molecule has 0 unspecified atom stereocenters. The van der Waals surface area contributed by atoms with E-state index in [0.29, 0.717) is 17.0 Å². The van der Waals surface area contributed by atoms with Gasteiger partial charge >= 0.3 is 6.09 Å². The van der Waals surface area contributed by atoms with Crippen LogP contribution in [0.1, 0.15) is 11.1 Å². The maximum Gasteiger partial charge on any atom is 0.417 e. The van der Waals surface area contributed by atoms with Crippen molar-refractivity contribution in [1.29, 1.82) is 0 Å². The normalized spacial score (nSPS) is 15.6. The van der Waals surface area contributed by atoms with E-state index in [1.165, 1.54) is 18.2 Å². The average Bonchev–Trinajstić information content (AvgIpc) is 2.41. The van der Waals surface area contributed by atoms with Crippen LogP contribution in [0.15, 0.2) is 48.5 Å². The first-order valence-corrected chi connectivity index (χ1v) is 5.78. The van der Waals surface area contributed by atoms with Crippen LogP contribution >= 0.6 is 0 Å². The van der Waals surface area contributed by atoms with E-state index in [-0.39, 0.29) is 5.82 Å². The van der Waals surface area contributed by atoms with Crippen molar-refractivity contribution in [3.8, 4) is 0 Å². The Labute approximate surface area is 109 Å². The highest BCUT2D eigenvalue weighted by molar-refractivity contribution is 6.00. The van der Waals surface area contributed by atoms with E-state index in [1.807, 2.05) is 30.3 Å². The predicted molar refractivity (Wildman–Crippen MR) is 70.8 cm³/mol. The lowest BCUT2D eigenvalue weighted by Crippen LogP contribution is -2.19. The number of nitrogens with one attached hydrogen (secondary N) is 1. The Hall–Kier alpha value is -2.62. The number of hydrogen-bond donors (Lipinski definition) is 1. The molecule has 0 spiro atoms. The molecule has 0 saturated carbocycles. The largest absolute Gasteiger partial charge is 0.417 e. The first-order valence-electron chi connectivity index (χ1n) is 5.78. The van der Waals surface area contributed by atoms with Crippen molar-refractivity contribution in [1.82, 2.24) is 0 Å². The Bertz CT molecular complexity index is 665. The molecule has 2 aromatic carbocycles. The quantitative estimate of drug-likeness (QED) is 0.839. The minimum absolute atomic E-state index is 0.337. The van der Waals surface area contributed by atoms with Crippen molar-refractivity contribution in [2.24, 2.45) is 0 Å². The Kier molecular flexibility index (Phi) is 2.76. The van der Waals surface area contributed by atoms with Gasteiger partial charge in [0.15, 0.2) is 0 Å². The van der Waals surface area contributed by atoms with Crippen LogP contribution < -0.4 is 5.32 Å². The first-order chi connectivity index (χ1) is 9.22. The lowest BCUT2D eigenvalue weighted by Gasteiger charge is -2.19. The van der Waals surface area contributed by atoms with E-state index in [9.17, 15) is 9.18 Å². The Morgan fingerprint density at radius 2 is 1.89 bits per heavy atom. The summed E-state index contributed by atoms with van der Waals surface area (Å²) in [5.74, 6) is -0.0399. The lowest BCUT2D eigenvalue weighted by atomic mass is 10.1. The molecule has 1 amide bonds. The molecule has 0 aromatic heterocycles. The van der Waals surface area contributed by atoms with Crippen molar-refractivity contribution < 1.29 is 13.9 Å². The van der Waals surface area contributed by atoms with Gasteiger partial charge in [-0.25, -0.2) is 9.18 Å². The summed E-state index contributed by atoms with van der Waals surface area (Å²) in [5, 5.41) is 2.53. The van der Waals surface area contributed by atoms with Gasteiger partial charge in [-0.05, 0) is 29.8 Å². The summed E-state index contributed by atoms with van der Waals surface area (Å²) in [6.45, 7) is 0. The number of halogens is 1. The fourth-order valence-electron chi connectivity index (χ4n) is 1.93. The molecule has 0 atom stereocenters. The summed E-state index contributed by atoms with van der Waals surface area (Å²) in [6, 6.07) is 13.6. The molecule has 3 nitrogen and oxygen atoms in total. The van der Waals surface area contributed by atoms with E-state index in [2.05, 4.69) is 5.32 Å². The summed E-state index contributed by atoms with van der Waals surface area (Å²) >= 11 is 0. The van der Waals surface area contributed by atoms with Gasteiger partial charge < -0.3 is 4.74 Å². The van der Waals surface area contributed by atoms with Gasteiger partial charge in [0, 0.05) is 5.56 Å². The summed E-state index contributed by atoms with van der Waals surface area (Å²) in [4.78, 5) is 11.4. The van der Waals surface area contributed by atoms with Crippen LogP contribution in [0.4, 0.5) is 14.9 Å². The van der Waals surface area contributed by atoms with Crippen LogP contribution in [0.3, 0.4) is 0 Å². The molecule has 1 N–H and O–H groups in total. The van der Waals surface area contributed by atoms with Crippen molar-refractivity contribution in [2.45, 2.75) is 0 Å². The van der Waals surface area contributed by atoms with Crippen LogP contribution in [0.5, 0.6) is 0 Å². The minimum Gasteiger partial charge on any atom is -0.409 e. The van der Waals surface area contributed by atoms with Crippen LogP contribution in [0.25, 0.3) is 11.8 Å². The molecule has 2 aromatic rings. The third-order valence-corrected chi connectivity index (χ3v) is 2.78. The molecule has 1 heterocycles. The van der Waals surface area contributed by atoms with Crippen molar-refractivity contribution in [3.63, 3.8) is 0 Å². The molecule has 4 heteroatoms. The predicted octanol–water partition coefficient (Wildman–Crippen LogP) is 3.89. The molecule has 0 radical (unpaired) electrons. The van der Waals surface area contributed by atoms with E-state index < -0.39 is 6.09 Å². The van der Waals surface area contributed by atoms with Crippen molar-refractivity contribution >= 4 is 23.6 Å². The Morgan fingerprint density at radius 1 is 1.11 bits per heavy atom. The van der Waals surface area contributed by atoms with Gasteiger partial charge in [0.25, 0.3) is 0 Å². The number of ether oxygens (including phenoxy) is 1. The summed E-state index contributed by atoms with van der Waals surface area (Å²) in [7, 11) is 0. The highest BCUT2D eigenvalue weighted by Gasteiger charge is 2.21. The second-order valence-corrected chi connectivity index (χ2v) is 4.12. The fraction of sp³-hybridized carbons (Fsp3) is 0. The number of rotatable bonds is 1. The molecular weight excluding hydrogens is 245 g/mol. The monoisotopic (exact) mass is 255 g/mol.